The van der Waals surface area contributed by atoms with Crippen LogP contribution in [0.2, 0.25) is 0 Å². The van der Waals surface area contributed by atoms with E-state index in [1.54, 1.807) is 0 Å². The van der Waals surface area contributed by atoms with Gasteiger partial charge in [0.05, 0.1) is 13.3 Å². The summed E-state index contributed by atoms with van der Waals surface area (Å²) >= 11 is 0. The fourth-order valence-electron chi connectivity index (χ4n) is 1.87. The summed E-state index contributed by atoms with van der Waals surface area (Å²) in [5.41, 5.74) is 0.110. The van der Waals surface area contributed by atoms with Gasteiger partial charge in [-0.3, -0.25) is 4.79 Å². The first-order valence-electron chi connectivity index (χ1n) is 7.38. The van der Waals surface area contributed by atoms with Crippen LogP contribution in [-0.4, -0.2) is 52.0 Å². The van der Waals surface area contributed by atoms with Crippen molar-refractivity contribution < 1.29 is 14.3 Å². The number of rotatable bonds is 9. The number of hydrogen-bond donors (Lipinski definition) is 0. The second kappa shape index (κ2) is 9.10. The molecule has 1 heterocycles. The Morgan fingerprint density at radius 2 is 1.86 bits per heavy atom. The molecule has 0 atom stereocenters. The fraction of sp³-hybridized carbons (Fsp3) is 0.714. The molecule has 0 unspecified atom stereocenters. The van der Waals surface area contributed by atoms with Gasteiger partial charge in [0.25, 0.3) is 0 Å². The van der Waals surface area contributed by atoms with Crippen molar-refractivity contribution >= 4 is 11.9 Å². The van der Waals surface area contributed by atoms with Gasteiger partial charge in [-0.05, 0) is 12.8 Å². The molecule has 0 spiro atoms. The molecule has 0 bridgehead atoms. The zero-order valence-electron chi connectivity index (χ0n) is 13.0. The Morgan fingerprint density at radius 3 is 2.38 bits per heavy atom. The average molecular weight is 296 g/mol. The highest BCUT2D eigenvalue weighted by Crippen LogP contribution is 2.02. The summed E-state index contributed by atoms with van der Waals surface area (Å²) in [6.07, 6.45) is 5.50. The number of unbranched alkanes of at least 4 members (excludes halogenated alkanes) is 2. The molecule has 0 N–H and O–H groups in total. The minimum Gasteiger partial charge on any atom is -0.464 e. The molecule has 1 rings (SSSR count). The molecule has 0 radical (unpaired) electrons. The van der Waals surface area contributed by atoms with Crippen LogP contribution in [0, 0.1) is 0 Å². The van der Waals surface area contributed by atoms with E-state index in [0.29, 0.717) is 0 Å². The number of ether oxygens (including phenoxy) is 1. The van der Waals surface area contributed by atoms with Crippen molar-refractivity contribution in [2.24, 2.45) is 0 Å². The van der Waals surface area contributed by atoms with Gasteiger partial charge in [-0.2, -0.15) is 0 Å². The number of aromatic nitrogens is 3. The van der Waals surface area contributed by atoms with Gasteiger partial charge < -0.3 is 9.64 Å². The van der Waals surface area contributed by atoms with Crippen molar-refractivity contribution in [2.45, 2.75) is 46.1 Å². The number of methoxy groups -OCH3 is 1. The maximum absolute atomic E-state index is 12.3. The lowest BCUT2D eigenvalue weighted by Gasteiger charge is -2.22. The quantitative estimate of drug-likeness (QED) is 0.645. The van der Waals surface area contributed by atoms with Crippen LogP contribution < -0.4 is 0 Å². The third-order valence-electron chi connectivity index (χ3n) is 3.15. The first kappa shape index (κ1) is 17.1. The maximum atomic E-state index is 12.3. The number of carbonyl (C=O) groups is 2. The lowest BCUT2D eigenvalue weighted by atomic mass is 10.2. The van der Waals surface area contributed by atoms with Gasteiger partial charge in [0.2, 0.25) is 5.91 Å². The molecule has 7 heteroatoms. The molecule has 0 aliphatic carbocycles. The highest BCUT2D eigenvalue weighted by molar-refractivity contribution is 5.86. The number of nitrogens with zero attached hydrogens (tertiary/aromatic N) is 4. The van der Waals surface area contributed by atoms with E-state index < -0.39 is 5.97 Å². The maximum Gasteiger partial charge on any atom is 0.360 e. The molecule has 1 amide bonds. The molecular weight excluding hydrogens is 272 g/mol. The van der Waals surface area contributed by atoms with Crippen molar-refractivity contribution in [1.82, 2.24) is 19.9 Å². The van der Waals surface area contributed by atoms with Gasteiger partial charge in [0, 0.05) is 13.1 Å². The standard InChI is InChI=1S/C14H24N4O3/c1-4-6-8-17(9-7-5-2)13(19)11-18-10-12(15-16-18)14(20)21-3/h10H,4-9,11H2,1-3H3. The molecule has 0 aliphatic heterocycles. The Morgan fingerprint density at radius 1 is 1.24 bits per heavy atom. The summed E-state index contributed by atoms with van der Waals surface area (Å²) < 4.78 is 5.93. The molecule has 0 saturated heterocycles. The topological polar surface area (TPSA) is 77.3 Å². The molecule has 0 aromatic carbocycles. The summed E-state index contributed by atoms with van der Waals surface area (Å²) in [6.45, 7) is 5.81. The highest BCUT2D eigenvalue weighted by atomic mass is 16.5. The van der Waals surface area contributed by atoms with Crippen LogP contribution in [0.5, 0.6) is 0 Å². The van der Waals surface area contributed by atoms with Crippen LogP contribution in [0.1, 0.15) is 50.0 Å². The lowest BCUT2D eigenvalue weighted by Crippen LogP contribution is -2.35. The Labute approximate surface area is 125 Å². The van der Waals surface area contributed by atoms with Crippen molar-refractivity contribution in [3.8, 4) is 0 Å². The van der Waals surface area contributed by atoms with Gasteiger partial charge in [0.1, 0.15) is 6.54 Å². The van der Waals surface area contributed by atoms with Crippen LogP contribution in [0.25, 0.3) is 0 Å². The van der Waals surface area contributed by atoms with E-state index in [1.165, 1.54) is 18.0 Å². The summed E-state index contributed by atoms with van der Waals surface area (Å²) in [7, 11) is 1.28. The van der Waals surface area contributed by atoms with Crippen molar-refractivity contribution in [3.05, 3.63) is 11.9 Å². The van der Waals surface area contributed by atoms with Gasteiger partial charge in [-0.15, -0.1) is 5.10 Å². The normalized spacial score (nSPS) is 10.4. The predicted molar refractivity (Wildman–Crippen MR) is 77.8 cm³/mol. The van der Waals surface area contributed by atoms with Crippen LogP contribution in [0.4, 0.5) is 0 Å². The smallest absolute Gasteiger partial charge is 0.360 e. The van der Waals surface area contributed by atoms with Gasteiger partial charge in [-0.1, -0.05) is 31.9 Å². The zero-order chi connectivity index (χ0) is 15.7. The molecule has 0 fully saturated rings. The minimum absolute atomic E-state index is 0.00165. The van der Waals surface area contributed by atoms with Crippen molar-refractivity contribution in [2.75, 3.05) is 20.2 Å². The molecule has 0 saturated carbocycles. The molecule has 1 aromatic heterocycles. The first-order chi connectivity index (χ1) is 10.1. The van der Waals surface area contributed by atoms with E-state index in [1.807, 2.05) is 4.90 Å². The summed E-state index contributed by atoms with van der Waals surface area (Å²) in [4.78, 5) is 25.4. The van der Waals surface area contributed by atoms with Crippen molar-refractivity contribution in [3.63, 3.8) is 0 Å². The second-order valence-electron chi connectivity index (χ2n) is 4.88. The van der Waals surface area contributed by atoms with Gasteiger partial charge in [-0.25, -0.2) is 9.48 Å². The average Bonchev–Trinajstić information content (AvgIpc) is 2.95. The zero-order valence-corrected chi connectivity index (χ0v) is 13.0. The largest absolute Gasteiger partial charge is 0.464 e. The fourth-order valence-corrected chi connectivity index (χ4v) is 1.87. The van der Waals surface area contributed by atoms with E-state index >= 15 is 0 Å². The molecule has 21 heavy (non-hydrogen) atoms. The number of carbonyl (C=O) groups excluding carboxylic acids is 2. The lowest BCUT2D eigenvalue weighted by molar-refractivity contribution is -0.132. The van der Waals surface area contributed by atoms with E-state index in [9.17, 15) is 9.59 Å². The third kappa shape index (κ3) is 5.53. The van der Waals surface area contributed by atoms with Gasteiger partial charge >= 0.3 is 5.97 Å². The minimum atomic E-state index is -0.553. The highest BCUT2D eigenvalue weighted by Gasteiger charge is 2.16. The van der Waals surface area contributed by atoms with Crippen LogP contribution in [-0.2, 0) is 16.1 Å². The van der Waals surface area contributed by atoms with Gasteiger partial charge in [0.15, 0.2) is 5.69 Å². The third-order valence-corrected chi connectivity index (χ3v) is 3.15. The molecule has 118 valence electrons. The summed E-state index contributed by atoms with van der Waals surface area (Å²) in [5, 5.41) is 7.48. The Bertz CT molecular complexity index is 451. The Balaban J connectivity index is 2.62. The van der Waals surface area contributed by atoms with Crippen LogP contribution >= 0.6 is 0 Å². The molecular formula is C14H24N4O3. The first-order valence-corrected chi connectivity index (χ1v) is 7.38. The number of hydrogen-bond acceptors (Lipinski definition) is 5. The van der Waals surface area contributed by atoms with E-state index in [-0.39, 0.29) is 18.1 Å². The SMILES string of the molecule is CCCCN(CCCC)C(=O)Cn1cc(C(=O)OC)nn1. The Hall–Kier alpha value is -1.92. The molecule has 1 aromatic rings. The van der Waals surface area contributed by atoms with Crippen LogP contribution in [0.3, 0.4) is 0 Å². The van der Waals surface area contributed by atoms with E-state index in [0.717, 1.165) is 38.8 Å². The molecule has 0 aliphatic rings. The number of amides is 1. The summed E-state index contributed by atoms with van der Waals surface area (Å²) in [6, 6.07) is 0. The molecule has 7 nitrogen and oxygen atoms in total. The van der Waals surface area contributed by atoms with Crippen molar-refractivity contribution in [1.29, 1.82) is 0 Å². The van der Waals surface area contributed by atoms with E-state index in [2.05, 4.69) is 28.9 Å². The monoisotopic (exact) mass is 296 g/mol. The predicted octanol–water partition coefficient (Wildman–Crippen LogP) is 1.49. The van der Waals surface area contributed by atoms with Crippen LogP contribution in [0.15, 0.2) is 6.20 Å². The summed E-state index contributed by atoms with van der Waals surface area (Å²) in [5.74, 6) is -0.555. The second-order valence-corrected chi connectivity index (χ2v) is 4.88. The van der Waals surface area contributed by atoms with E-state index in [4.69, 9.17) is 0 Å². The Kier molecular flexibility index (Phi) is 7.42. The number of esters is 1.